The standard InChI is InChI=1S/C31H29FN2O3S/c1-2-3-20-37-25-18-16-23(17-19-25)33-31(36)29(22-10-5-4-6-11-22)38-26-13-9-12-24(21-26)34-30(35)27-14-7-8-15-28(27)32/h4-19,21,29H,2-3,20H2,1H3,(H,33,36)(H,34,35). The highest BCUT2D eigenvalue weighted by molar-refractivity contribution is 8.00. The summed E-state index contributed by atoms with van der Waals surface area (Å²) in [5.74, 6) is -0.539. The topological polar surface area (TPSA) is 67.4 Å². The molecule has 0 saturated heterocycles. The van der Waals surface area contributed by atoms with E-state index in [0.29, 0.717) is 18.0 Å². The van der Waals surface area contributed by atoms with Gasteiger partial charge in [0.1, 0.15) is 16.8 Å². The molecule has 0 aromatic heterocycles. The second-order valence-electron chi connectivity index (χ2n) is 8.59. The van der Waals surface area contributed by atoms with Crippen LogP contribution in [0.1, 0.15) is 40.9 Å². The second-order valence-corrected chi connectivity index (χ2v) is 9.76. The number of benzene rings is 4. The number of halogens is 1. The monoisotopic (exact) mass is 528 g/mol. The van der Waals surface area contributed by atoms with Gasteiger partial charge in [0.25, 0.3) is 5.91 Å². The molecule has 1 atom stereocenters. The molecule has 0 bridgehead atoms. The van der Waals surface area contributed by atoms with Gasteiger partial charge in [-0.1, -0.05) is 61.9 Å². The maximum atomic E-state index is 14.0. The first kappa shape index (κ1) is 26.9. The Morgan fingerprint density at radius 3 is 2.32 bits per heavy atom. The lowest BCUT2D eigenvalue weighted by Gasteiger charge is -2.18. The molecule has 0 fully saturated rings. The lowest BCUT2D eigenvalue weighted by atomic mass is 10.1. The third-order valence-corrected chi connectivity index (χ3v) is 6.94. The van der Waals surface area contributed by atoms with E-state index in [1.807, 2.05) is 60.7 Å². The highest BCUT2D eigenvalue weighted by Crippen LogP contribution is 2.37. The Bertz CT molecular complexity index is 1360. The van der Waals surface area contributed by atoms with Crippen LogP contribution in [0.4, 0.5) is 15.8 Å². The van der Waals surface area contributed by atoms with E-state index in [-0.39, 0.29) is 11.5 Å². The fraction of sp³-hybridized carbons (Fsp3) is 0.161. The predicted molar refractivity (Wildman–Crippen MR) is 151 cm³/mol. The smallest absolute Gasteiger partial charge is 0.258 e. The molecule has 2 amide bonds. The Balaban J connectivity index is 1.48. The summed E-state index contributed by atoms with van der Waals surface area (Å²) in [5, 5.41) is 5.20. The van der Waals surface area contributed by atoms with Crippen LogP contribution in [0.3, 0.4) is 0 Å². The Labute approximate surface area is 226 Å². The molecule has 2 N–H and O–H groups in total. The van der Waals surface area contributed by atoms with Gasteiger partial charge in [-0.15, -0.1) is 11.8 Å². The number of carbonyl (C=O) groups excluding carboxylic acids is 2. The fourth-order valence-electron chi connectivity index (χ4n) is 3.70. The molecule has 4 rings (SSSR count). The summed E-state index contributed by atoms with van der Waals surface area (Å²) in [4.78, 5) is 26.8. The van der Waals surface area contributed by atoms with Gasteiger partial charge in [-0.25, -0.2) is 4.39 Å². The summed E-state index contributed by atoms with van der Waals surface area (Å²) in [7, 11) is 0. The highest BCUT2D eigenvalue weighted by atomic mass is 32.2. The van der Waals surface area contributed by atoms with Gasteiger partial charge in [-0.05, 0) is 66.6 Å². The van der Waals surface area contributed by atoms with E-state index in [9.17, 15) is 14.0 Å². The third-order valence-electron chi connectivity index (χ3n) is 5.69. The Hall–Kier alpha value is -4.10. The lowest BCUT2D eigenvalue weighted by Crippen LogP contribution is -2.19. The van der Waals surface area contributed by atoms with Crippen molar-refractivity contribution in [2.75, 3.05) is 17.2 Å². The molecule has 0 aliphatic carbocycles. The number of unbranched alkanes of at least 4 members (excludes halogenated alkanes) is 1. The molecular formula is C31H29FN2O3S. The quantitative estimate of drug-likeness (QED) is 0.154. The van der Waals surface area contributed by atoms with Crippen LogP contribution in [0.2, 0.25) is 0 Å². The van der Waals surface area contributed by atoms with Crippen molar-refractivity contribution in [2.24, 2.45) is 0 Å². The first-order valence-electron chi connectivity index (χ1n) is 12.4. The Morgan fingerprint density at radius 2 is 1.58 bits per heavy atom. The van der Waals surface area contributed by atoms with Crippen molar-refractivity contribution in [2.45, 2.75) is 29.9 Å². The van der Waals surface area contributed by atoms with Gasteiger partial charge < -0.3 is 15.4 Å². The van der Waals surface area contributed by atoms with E-state index < -0.39 is 17.0 Å². The number of anilines is 2. The number of carbonyl (C=O) groups is 2. The number of ether oxygens (including phenoxy) is 1. The van der Waals surface area contributed by atoms with Crippen LogP contribution in [0, 0.1) is 5.82 Å². The van der Waals surface area contributed by atoms with E-state index >= 15 is 0 Å². The van der Waals surface area contributed by atoms with Crippen LogP contribution >= 0.6 is 11.8 Å². The van der Waals surface area contributed by atoms with E-state index in [1.54, 1.807) is 24.3 Å². The van der Waals surface area contributed by atoms with Gasteiger partial charge in [0.15, 0.2) is 0 Å². The van der Waals surface area contributed by atoms with Gasteiger partial charge in [0.2, 0.25) is 5.91 Å². The van der Waals surface area contributed by atoms with Crippen LogP contribution in [-0.4, -0.2) is 18.4 Å². The third kappa shape index (κ3) is 7.46. The van der Waals surface area contributed by atoms with E-state index in [4.69, 9.17) is 4.74 Å². The van der Waals surface area contributed by atoms with Crippen LogP contribution < -0.4 is 15.4 Å². The summed E-state index contributed by atoms with van der Waals surface area (Å²) < 4.78 is 19.7. The average Bonchev–Trinajstić information content (AvgIpc) is 2.93. The molecule has 0 saturated carbocycles. The van der Waals surface area contributed by atoms with Crippen molar-refractivity contribution in [3.8, 4) is 5.75 Å². The molecule has 4 aromatic rings. The Kier molecular flexibility index (Phi) is 9.54. The lowest BCUT2D eigenvalue weighted by molar-refractivity contribution is -0.115. The molecule has 4 aromatic carbocycles. The number of rotatable bonds is 11. The zero-order chi connectivity index (χ0) is 26.7. The molecule has 38 heavy (non-hydrogen) atoms. The minimum Gasteiger partial charge on any atom is -0.494 e. The number of thioether (sulfide) groups is 1. The Morgan fingerprint density at radius 1 is 0.842 bits per heavy atom. The van der Waals surface area contributed by atoms with Crippen LogP contribution in [0.5, 0.6) is 5.75 Å². The summed E-state index contributed by atoms with van der Waals surface area (Å²) in [6.45, 7) is 2.77. The maximum Gasteiger partial charge on any atom is 0.258 e. The predicted octanol–water partition coefficient (Wildman–Crippen LogP) is 7.73. The van der Waals surface area contributed by atoms with Crippen molar-refractivity contribution in [3.63, 3.8) is 0 Å². The molecule has 0 heterocycles. The first-order valence-corrected chi connectivity index (χ1v) is 13.3. The summed E-state index contributed by atoms with van der Waals surface area (Å²) >= 11 is 1.36. The molecule has 1 unspecified atom stereocenters. The first-order chi connectivity index (χ1) is 18.5. The molecule has 0 aliphatic rings. The number of hydrogen-bond donors (Lipinski definition) is 2. The maximum absolute atomic E-state index is 14.0. The minimum absolute atomic E-state index is 0.0334. The SMILES string of the molecule is CCCCOc1ccc(NC(=O)C(Sc2cccc(NC(=O)c3ccccc3F)c2)c2ccccc2)cc1. The summed E-state index contributed by atoms with van der Waals surface area (Å²) in [6, 6.07) is 29.8. The van der Waals surface area contributed by atoms with E-state index in [2.05, 4.69) is 17.6 Å². The zero-order valence-corrected chi connectivity index (χ0v) is 21.8. The van der Waals surface area contributed by atoms with E-state index in [0.717, 1.165) is 29.1 Å². The second kappa shape index (κ2) is 13.4. The van der Waals surface area contributed by atoms with Crippen molar-refractivity contribution >= 4 is 35.0 Å². The molecule has 5 nitrogen and oxygen atoms in total. The van der Waals surface area contributed by atoms with Gasteiger partial charge in [0, 0.05) is 16.3 Å². The van der Waals surface area contributed by atoms with Crippen molar-refractivity contribution < 1.29 is 18.7 Å². The van der Waals surface area contributed by atoms with Gasteiger partial charge in [0.05, 0.1) is 12.2 Å². The van der Waals surface area contributed by atoms with E-state index in [1.165, 1.54) is 30.0 Å². The molecule has 194 valence electrons. The summed E-state index contributed by atoms with van der Waals surface area (Å²) in [6.07, 6.45) is 2.05. The van der Waals surface area contributed by atoms with Crippen molar-refractivity contribution in [1.82, 2.24) is 0 Å². The van der Waals surface area contributed by atoms with Gasteiger partial charge >= 0.3 is 0 Å². The van der Waals surface area contributed by atoms with Crippen molar-refractivity contribution in [1.29, 1.82) is 0 Å². The molecule has 0 radical (unpaired) electrons. The molecule has 0 aliphatic heterocycles. The molecule has 7 heteroatoms. The fourth-order valence-corrected chi connectivity index (χ4v) is 4.79. The van der Waals surface area contributed by atoms with Gasteiger partial charge in [-0.2, -0.15) is 0 Å². The molecule has 0 spiro atoms. The number of hydrogen-bond acceptors (Lipinski definition) is 4. The van der Waals surface area contributed by atoms with Crippen LogP contribution in [-0.2, 0) is 4.79 Å². The van der Waals surface area contributed by atoms with Crippen LogP contribution in [0.25, 0.3) is 0 Å². The van der Waals surface area contributed by atoms with Gasteiger partial charge in [-0.3, -0.25) is 9.59 Å². The average molecular weight is 529 g/mol. The normalized spacial score (nSPS) is 11.4. The van der Waals surface area contributed by atoms with Crippen molar-refractivity contribution in [3.05, 3.63) is 120 Å². The highest BCUT2D eigenvalue weighted by Gasteiger charge is 2.22. The largest absolute Gasteiger partial charge is 0.494 e. The molecular weight excluding hydrogens is 499 g/mol. The minimum atomic E-state index is -0.586. The summed E-state index contributed by atoms with van der Waals surface area (Å²) in [5.41, 5.74) is 1.99. The van der Waals surface area contributed by atoms with Crippen LogP contribution in [0.15, 0.2) is 108 Å². The zero-order valence-electron chi connectivity index (χ0n) is 21.0. The number of nitrogens with one attached hydrogen (secondary N) is 2. The number of amides is 2.